The molecule has 0 saturated carbocycles. The molecule has 7 heteroatoms. The molecule has 26 heavy (non-hydrogen) atoms. The van der Waals surface area contributed by atoms with Gasteiger partial charge in [-0.25, -0.2) is 0 Å². The van der Waals surface area contributed by atoms with Crippen molar-refractivity contribution < 1.29 is 13.8 Å². The van der Waals surface area contributed by atoms with Gasteiger partial charge in [0.1, 0.15) is 5.76 Å². The van der Waals surface area contributed by atoms with Crippen molar-refractivity contribution >= 4 is 5.91 Å². The second-order valence-electron chi connectivity index (χ2n) is 7.53. The van der Waals surface area contributed by atoms with E-state index in [0.29, 0.717) is 13.1 Å². The number of aryl methyl sites for hydroxylation is 3. The molecule has 0 radical (unpaired) electrons. The molecule has 2 bridgehead atoms. The zero-order chi connectivity index (χ0) is 18.3. The molecule has 0 unspecified atom stereocenters. The van der Waals surface area contributed by atoms with Crippen molar-refractivity contribution in [3.63, 3.8) is 0 Å². The van der Waals surface area contributed by atoms with Crippen LogP contribution in [0.3, 0.4) is 0 Å². The lowest BCUT2D eigenvalue weighted by molar-refractivity contribution is -0.140. The third-order valence-corrected chi connectivity index (χ3v) is 5.73. The van der Waals surface area contributed by atoms with Gasteiger partial charge in [-0.2, -0.15) is 0 Å². The largest absolute Gasteiger partial charge is 0.361 e. The number of piperidine rings is 1. The van der Waals surface area contributed by atoms with Crippen LogP contribution in [-0.4, -0.2) is 45.2 Å². The van der Waals surface area contributed by atoms with E-state index in [9.17, 15) is 4.79 Å². The summed E-state index contributed by atoms with van der Waals surface area (Å²) in [6, 6.07) is 2.25. The van der Waals surface area contributed by atoms with Gasteiger partial charge in [0.25, 0.3) is 0 Å². The Labute approximate surface area is 153 Å². The summed E-state index contributed by atoms with van der Waals surface area (Å²) in [5.41, 5.74) is 2.90. The minimum Gasteiger partial charge on any atom is -0.361 e. The number of carbonyl (C=O) groups excluding carboxylic acids is 1. The van der Waals surface area contributed by atoms with E-state index < -0.39 is 0 Å². The lowest BCUT2D eigenvalue weighted by Crippen LogP contribution is -2.47. The van der Waals surface area contributed by atoms with Crippen LogP contribution in [0.5, 0.6) is 0 Å². The topological polar surface area (TPSA) is 75.6 Å². The molecule has 3 aliphatic heterocycles. The predicted molar refractivity (Wildman–Crippen MR) is 94.2 cm³/mol. The van der Waals surface area contributed by atoms with Gasteiger partial charge in [0.2, 0.25) is 5.91 Å². The summed E-state index contributed by atoms with van der Waals surface area (Å²) in [7, 11) is 0. The van der Waals surface area contributed by atoms with Crippen LogP contribution in [0.4, 0.5) is 0 Å². The molecule has 1 amide bonds. The second kappa shape index (κ2) is 6.87. The van der Waals surface area contributed by atoms with Crippen LogP contribution in [0, 0.1) is 19.8 Å². The molecule has 3 saturated heterocycles. The van der Waals surface area contributed by atoms with E-state index >= 15 is 0 Å². The quantitative estimate of drug-likeness (QED) is 0.817. The Morgan fingerprint density at radius 1 is 1.15 bits per heavy atom. The van der Waals surface area contributed by atoms with Crippen LogP contribution in [0.2, 0.25) is 0 Å². The molecule has 0 aliphatic carbocycles. The van der Waals surface area contributed by atoms with E-state index in [1.807, 2.05) is 24.8 Å². The maximum atomic E-state index is 13.0. The van der Waals surface area contributed by atoms with Gasteiger partial charge in [-0.3, -0.25) is 9.69 Å². The van der Waals surface area contributed by atoms with E-state index in [0.717, 1.165) is 60.8 Å². The fourth-order valence-corrected chi connectivity index (χ4v) is 4.18. The number of carbonyl (C=O) groups is 1. The smallest absolute Gasteiger partial charge is 0.227 e. The van der Waals surface area contributed by atoms with Gasteiger partial charge in [0, 0.05) is 30.8 Å². The fourth-order valence-electron chi connectivity index (χ4n) is 4.18. The highest BCUT2D eigenvalue weighted by atomic mass is 16.5. The lowest BCUT2D eigenvalue weighted by Gasteiger charge is -2.36. The number of rotatable bonds is 5. The summed E-state index contributed by atoms with van der Waals surface area (Å²) >= 11 is 0. The van der Waals surface area contributed by atoms with Gasteiger partial charge in [-0.1, -0.05) is 17.2 Å². The minimum atomic E-state index is 0.0581. The normalized spacial score (nSPS) is 23.7. The first-order chi connectivity index (χ1) is 12.5. The Bertz CT molecular complexity index is 777. The molecule has 0 aromatic carbocycles. The van der Waals surface area contributed by atoms with Crippen molar-refractivity contribution in [2.45, 2.75) is 59.2 Å². The molecule has 2 atom stereocenters. The van der Waals surface area contributed by atoms with E-state index in [1.165, 1.54) is 0 Å². The molecular formula is C19H26N4O3. The van der Waals surface area contributed by atoms with Crippen LogP contribution in [0.15, 0.2) is 15.1 Å². The number of aromatic nitrogens is 2. The molecule has 2 aromatic heterocycles. The standard InChI is InChI=1S/C19H26N4O3/c1-4-15-7-17(26-21-15)10-22-8-14-5-6-16(9-22)23(19(14)24)11-18-12(2)20-25-13(18)3/h7,14,16H,4-6,8-11H2,1-3H3/t14-,16+/m0/s1. The first-order valence-corrected chi connectivity index (χ1v) is 9.44. The van der Waals surface area contributed by atoms with Gasteiger partial charge in [-0.05, 0) is 33.1 Å². The Balaban J connectivity index is 1.50. The summed E-state index contributed by atoms with van der Waals surface area (Å²) in [6.45, 7) is 8.89. The van der Waals surface area contributed by atoms with Crippen molar-refractivity contribution in [1.29, 1.82) is 0 Å². The van der Waals surface area contributed by atoms with Gasteiger partial charge < -0.3 is 13.9 Å². The molecule has 0 N–H and O–H groups in total. The number of hydrogen-bond donors (Lipinski definition) is 0. The van der Waals surface area contributed by atoms with E-state index in [1.54, 1.807) is 0 Å². The van der Waals surface area contributed by atoms with Crippen molar-refractivity contribution in [3.8, 4) is 0 Å². The van der Waals surface area contributed by atoms with Gasteiger partial charge in [-0.15, -0.1) is 0 Å². The Hall–Kier alpha value is -2.15. The molecule has 3 aliphatic rings. The summed E-state index contributed by atoms with van der Waals surface area (Å²) in [5.74, 6) is 2.01. The zero-order valence-corrected chi connectivity index (χ0v) is 15.7. The summed E-state index contributed by atoms with van der Waals surface area (Å²) in [6.07, 6.45) is 2.89. The molecule has 140 valence electrons. The van der Waals surface area contributed by atoms with Crippen molar-refractivity contribution in [1.82, 2.24) is 20.1 Å². The minimum absolute atomic E-state index is 0.0581. The number of nitrogens with zero attached hydrogens (tertiary/aromatic N) is 4. The second-order valence-corrected chi connectivity index (χ2v) is 7.53. The van der Waals surface area contributed by atoms with Crippen molar-refractivity contribution in [2.24, 2.45) is 5.92 Å². The van der Waals surface area contributed by atoms with E-state index in [-0.39, 0.29) is 17.9 Å². The van der Waals surface area contributed by atoms with Gasteiger partial charge in [0.05, 0.1) is 30.4 Å². The van der Waals surface area contributed by atoms with Crippen LogP contribution >= 0.6 is 0 Å². The molecule has 5 heterocycles. The third kappa shape index (κ3) is 3.16. The third-order valence-electron chi connectivity index (χ3n) is 5.73. The zero-order valence-electron chi connectivity index (χ0n) is 15.7. The molecular weight excluding hydrogens is 332 g/mol. The molecule has 7 nitrogen and oxygen atoms in total. The van der Waals surface area contributed by atoms with E-state index in [4.69, 9.17) is 9.05 Å². The Morgan fingerprint density at radius 3 is 2.69 bits per heavy atom. The molecule has 3 fully saturated rings. The Kier molecular flexibility index (Phi) is 4.56. The van der Waals surface area contributed by atoms with Gasteiger partial charge in [0.15, 0.2) is 5.76 Å². The number of hydrogen-bond acceptors (Lipinski definition) is 6. The number of amides is 1. The van der Waals surface area contributed by atoms with Crippen molar-refractivity contribution in [2.75, 3.05) is 13.1 Å². The summed E-state index contributed by atoms with van der Waals surface area (Å²) in [4.78, 5) is 17.4. The average molecular weight is 358 g/mol. The fraction of sp³-hybridized carbons (Fsp3) is 0.632. The summed E-state index contributed by atoms with van der Waals surface area (Å²) in [5, 5.41) is 8.11. The SMILES string of the molecule is CCc1cc(CN2C[C@@H]3CC[C@H](C2)N(Cc2c(C)noc2C)C3=O)on1. The van der Waals surface area contributed by atoms with Crippen LogP contribution in [0.1, 0.15) is 48.2 Å². The number of fused-ring (bicyclic) bond motifs is 4. The first-order valence-electron chi connectivity index (χ1n) is 9.44. The maximum absolute atomic E-state index is 13.0. The lowest BCUT2D eigenvalue weighted by atomic mass is 9.93. The van der Waals surface area contributed by atoms with E-state index in [2.05, 4.69) is 22.1 Å². The molecule has 0 spiro atoms. The predicted octanol–water partition coefficient (Wildman–Crippen LogP) is 2.46. The molecule has 2 aromatic rings. The monoisotopic (exact) mass is 358 g/mol. The van der Waals surface area contributed by atoms with Gasteiger partial charge >= 0.3 is 0 Å². The highest BCUT2D eigenvalue weighted by Crippen LogP contribution is 2.32. The van der Waals surface area contributed by atoms with Crippen LogP contribution in [0.25, 0.3) is 0 Å². The first kappa shape index (κ1) is 17.3. The van der Waals surface area contributed by atoms with Crippen LogP contribution in [-0.2, 0) is 24.3 Å². The summed E-state index contributed by atoms with van der Waals surface area (Å²) < 4.78 is 10.7. The average Bonchev–Trinajstić information content (AvgIpc) is 3.10. The maximum Gasteiger partial charge on any atom is 0.227 e. The highest BCUT2D eigenvalue weighted by Gasteiger charge is 2.41. The van der Waals surface area contributed by atoms with Crippen LogP contribution < -0.4 is 0 Å². The highest BCUT2D eigenvalue weighted by molar-refractivity contribution is 5.80. The molecule has 5 rings (SSSR count). The Morgan fingerprint density at radius 2 is 2.00 bits per heavy atom. The van der Waals surface area contributed by atoms with Crippen molar-refractivity contribution in [3.05, 3.63) is 34.5 Å².